The summed E-state index contributed by atoms with van der Waals surface area (Å²) >= 11 is 6.21. The van der Waals surface area contributed by atoms with Gasteiger partial charge in [-0.2, -0.15) is 0 Å². The van der Waals surface area contributed by atoms with E-state index in [0.717, 1.165) is 5.56 Å². The Morgan fingerprint density at radius 2 is 1.49 bits per heavy atom. The number of nitrogens with one attached hydrogen (secondary N) is 1. The number of hydrogen-bond donors (Lipinski definition) is 1. The summed E-state index contributed by atoms with van der Waals surface area (Å²) in [6, 6.07) is 28.8. The molecule has 1 N–H and O–H groups in total. The topological polar surface area (TPSA) is 75.7 Å². The third-order valence-corrected chi connectivity index (χ3v) is 7.46. The van der Waals surface area contributed by atoms with Gasteiger partial charge in [-0.05, 0) is 54.1 Å². The first-order valence-electron chi connectivity index (χ1n) is 10.8. The van der Waals surface area contributed by atoms with Crippen molar-refractivity contribution in [3.63, 3.8) is 0 Å². The van der Waals surface area contributed by atoms with Crippen molar-refractivity contribution < 1.29 is 17.9 Å². The fourth-order valence-corrected chi connectivity index (χ4v) is 5.21. The number of nitrogens with zero attached hydrogens (tertiary/aromatic N) is 1. The Labute approximate surface area is 209 Å². The van der Waals surface area contributed by atoms with Crippen LogP contribution in [0.3, 0.4) is 0 Å². The number of hydrogen-bond acceptors (Lipinski definition) is 4. The molecule has 0 radical (unpaired) electrons. The van der Waals surface area contributed by atoms with Gasteiger partial charge in [0.05, 0.1) is 40.5 Å². The van der Waals surface area contributed by atoms with E-state index < -0.39 is 15.9 Å². The van der Waals surface area contributed by atoms with Crippen molar-refractivity contribution in [1.29, 1.82) is 0 Å². The van der Waals surface area contributed by atoms with Crippen LogP contribution >= 0.6 is 11.6 Å². The second kappa shape index (κ2) is 10.6. The van der Waals surface area contributed by atoms with E-state index in [9.17, 15) is 13.2 Å². The molecule has 4 aromatic carbocycles. The van der Waals surface area contributed by atoms with Gasteiger partial charge in [0.2, 0.25) is 0 Å². The summed E-state index contributed by atoms with van der Waals surface area (Å²) < 4.78 is 34.1. The Hall–Kier alpha value is -3.81. The SMILES string of the molecule is COc1ccc(S(=O)(=O)N(Cc2ccccc2)c2ccccc2C(=O)Nc2ccccc2Cl)cc1. The lowest BCUT2D eigenvalue weighted by molar-refractivity contribution is 0.102. The number of rotatable bonds is 8. The smallest absolute Gasteiger partial charge is 0.264 e. The zero-order valence-corrected chi connectivity index (χ0v) is 20.5. The predicted octanol–water partition coefficient (Wildman–Crippen LogP) is 6.00. The summed E-state index contributed by atoms with van der Waals surface area (Å²) in [5.74, 6) is 0.0646. The van der Waals surface area contributed by atoms with Crippen LogP contribution in [0.15, 0.2) is 108 Å². The molecule has 0 aromatic heterocycles. The number of ether oxygens (including phenoxy) is 1. The summed E-state index contributed by atoms with van der Waals surface area (Å²) in [6.45, 7) is 0.0333. The maximum Gasteiger partial charge on any atom is 0.264 e. The minimum atomic E-state index is -4.04. The fourth-order valence-electron chi connectivity index (χ4n) is 3.56. The molecular formula is C27H23ClN2O4S. The standard InChI is InChI=1S/C27H23ClN2O4S/c1-34-21-15-17-22(18-16-21)35(32,33)30(19-20-9-3-2-4-10-20)26-14-8-5-11-23(26)27(31)29-25-13-7-6-12-24(25)28/h2-18H,19H2,1H3,(H,29,31). The van der Waals surface area contributed by atoms with Crippen molar-refractivity contribution in [3.8, 4) is 5.75 Å². The molecule has 0 fully saturated rings. The number of halogens is 1. The minimum Gasteiger partial charge on any atom is -0.497 e. The zero-order chi connectivity index (χ0) is 24.8. The first-order valence-corrected chi connectivity index (χ1v) is 12.6. The first kappa shape index (κ1) is 24.3. The normalized spacial score (nSPS) is 11.0. The quantitative estimate of drug-likeness (QED) is 0.318. The molecule has 4 rings (SSSR count). The molecule has 0 unspecified atom stereocenters. The number of benzene rings is 4. The predicted molar refractivity (Wildman–Crippen MR) is 139 cm³/mol. The number of sulfonamides is 1. The van der Waals surface area contributed by atoms with Crippen molar-refractivity contribution in [1.82, 2.24) is 0 Å². The maximum atomic E-state index is 13.9. The molecular weight excluding hydrogens is 484 g/mol. The van der Waals surface area contributed by atoms with Gasteiger partial charge in [-0.3, -0.25) is 9.10 Å². The van der Waals surface area contributed by atoms with Crippen molar-refractivity contribution >= 4 is 38.9 Å². The number of methoxy groups -OCH3 is 1. The second-order valence-electron chi connectivity index (χ2n) is 7.62. The number of amides is 1. The van der Waals surface area contributed by atoms with Crippen LogP contribution in [0, 0.1) is 0 Å². The lowest BCUT2D eigenvalue weighted by Crippen LogP contribution is -2.32. The van der Waals surface area contributed by atoms with E-state index >= 15 is 0 Å². The molecule has 0 aliphatic rings. The van der Waals surface area contributed by atoms with Crippen LogP contribution in [-0.4, -0.2) is 21.4 Å². The highest BCUT2D eigenvalue weighted by Crippen LogP contribution is 2.31. The Morgan fingerprint density at radius 3 is 2.17 bits per heavy atom. The Bertz CT molecular complexity index is 1430. The molecule has 0 saturated heterocycles. The van der Waals surface area contributed by atoms with E-state index in [1.54, 1.807) is 60.7 Å². The summed E-state index contributed by atoms with van der Waals surface area (Å²) in [6.07, 6.45) is 0. The number of anilines is 2. The molecule has 0 heterocycles. The molecule has 8 heteroatoms. The van der Waals surface area contributed by atoms with E-state index in [1.165, 1.54) is 23.5 Å². The number of para-hydroxylation sites is 2. The van der Waals surface area contributed by atoms with Gasteiger partial charge in [-0.15, -0.1) is 0 Å². The van der Waals surface area contributed by atoms with Crippen LogP contribution in [0.2, 0.25) is 5.02 Å². The van der Waals surface area contributed by atoms with Gasteiger partial charge in [0.25, 0.3) is 15.9 Å². The summed E-state index contributed by atoms with van der Waals surface area (Å²) in [7, 11) is -2.53. The molecule has 0 spiro atoms. The lowest BCUT2D eigenvalue weighted by Gasteiger charge is -2.27. The van der Waals surface area contributed by atoms with Gasteiger partial charge in [0.1, 0.15) is 5.75 Å². The summed E-state index contributed by atoms with van der Waals surface area (Å²) in [5, 5.41) is 3.16. The molecule has 178 valence electrons. The van der Waals surface area contributed by atoms with Crippen molar-refractivity contribution in [3.05, 3.63) is 119 Å². The van der Waals surface area contributed by atoms with Gasteiger partial charge in [0, 0.05) is 0 Å². The van der Waals surface area contributed by atoms with Crippen LogP contribution < -0.4 is 14.4 Å². The third-order valence-electron chi connectivity index (χ3n) is 5.36. The fraction of sp³-hybridized carbons (Fsp3) is 0.0741. The van der Waals surface area contributed by atoms with Gasteiger partial charge < -0.3 is 10.1 Å². The van der Waals surface area contributed by atoms with E-state index in [1.807, 2.05) is 30.3 Å². The highest BCUT2D eigenvalue weighted by molar-refractivity contribution is 7.92. The van der Waals surface area contributed by atoms with Crippen molar-refractivity contribution in [2.75, 3.05) is 16.7 Å². The molecule has 0 saturated carbocycles. The molecule has 6 nitrogen and oxygen atoms in total. The average Bonchev–Trinajstić information content (AvgIpc) is 2.89. The van der Waals surface area contributed by atoms with Crippen LogP contribution in [0.5, 0.6) is 5.75 Å². The maximum absolute atomic E-state index is 13.9. The van der Waals surface area contributed by atoms with Gasteiger partial charge in [-0.1, -0.05) is 66.2 Å². The number of carbonyl (C=O) groups is 1. The van der Waals surface area contributed by atoms with E-state index in [2.05, 4.69) is 5.32 Å². The van der Waals surface area contributed by atoms with Gasteiger partial charge >= 0.3 is 0 Å². The molecule has 35 heavy (non-hydrogen) atoms. The molecule has 0 aliphatic heterocycles. The first-order chi connectivity index (χ1) is 16.9. The van der Waals surface area contributed by atoms with Crippen LogP contribution in [-0.2, 0) is 16.6 Å². The second-order valence-corrected chi connectivity index (χ2v) is 9.89. The molecule has 0 aliphatic carbocycles. The zero-order valence-electron chi connectivity index (χ0n) is 18.9. The Morgan fingerprint density at radius 1 is 0.857 bits per heavy atom. The Kier molecular flexibility index (Phi) is 7.39. The Balaban J connectivity index is 1.79. The molecule has 4 aromatic rings. The van der Waals surface area contributed by atoms with E-state index in [4.69, 9.17) is 16.3 Å². The molecule has 1 amide bonds. The largest absolute Gasteiger partial charge is 0.497 e. The van der Waals surface area contributed by atoms with Crippen molar-refractivity contribution in [2.24, 2.45) is 0 Å². The monoisotopic (exact) mass is 506 g/mol. The van der Waals surface area contributed by atoms with Gasteiger partial charge in [0.15, 0.2) is 0 Å². The van der Waals surface area contributed by atoms with E-state index in [0.29, 0.717) is 16.5 Å². The van der Waals surface area contributed by atoms with Crippen LogP contribution in [0.25, 0.3) is 0 Å². The van der Waals surface area contributed by atoms with Crippen molar-refractivity contribution in [2.45, 2.75) is 11.4 Å². The number of carbonyl (C=O) groups excluding carboxylic acids is 1. The molecule has 0 atom stereocenters. The van der Waals surface area contributed by atoms with Gasteiger partial charge in [-0.25, -0.2) is 8.42 Å². The third kappa shape index (κ3) is 5.48. The highest BCUT2D eigenvalue weighted by Gasteiger charge is 2.29. The van der Waals surface area contributed by atoms with Crippen LogP contribution in [0.4, 0.5) is 11.4 Å². The summed E-state index contributed by atoms with van der Waals surface area (Å²) in [4.78, 5) is 13.4. The van der Waals surface area contributed by atoms with Crippen LogP contribution in [0.1, 0.15) is 15.9 Å². The average molecular weight is 507 g/mol. The summed E-state index contributed by atoms with van der Waals surface area (Å²) in [5.41, 5.74) is 1.64. The highest BCUT2D eigenvalue weighted by atomic mass is 35.5. The van der Waals surface area contributed by atoms with E-state index in [-0.39, 0.29) is 22.7 Å². The lowest BCUT2D eigenvalue weighted by atomic mass is 10.1. The molecule has 0 bridgehead atoms. The minimum absolute atomic E-state index is 0.0333.